The summed E-state index contributed by atoms with van der Waals surface area (Å²) in [4.78, 5) is 18.3. The van der Waals surface area contributed by atoms with E-state index in [1.807, 2.05) is 24.0 Å². The van der Waals surface area contributed by atoms with Crippen molar-refractivity contribution in [2.75, 3.05) is 19.7 Å². The van der Waals surface area contributed by atoms with E-state index in [0.717, 1.165) is 5.57 Å². The Bertz CT molecular complexity index is 896. The van der Waals surface area contributed by atoms with Crippen LogP contribution in [0.15, 0.2) is 41.4 Å². The normalized spacial score (nSPS) is 27.3. The Hall–Kier alpha value is -2.13. The van der Waals surface area contributed by atoms with Gasteiger partial charge in [-0.1, -0.05) is 23.8 Å². The number of carbonyl (C=O) groups is 1. The van der Waals surface area contributed by atoms with Crippen LogP contribution in [0.4, 0.5) is 4.79 Å². The van der Waals surface area contributed by atoms with Gasteiger partial charge in [0.1, 0.15) is 6.61 Å². The number of amides is 1. The molecule has 3 aliphatic rings. The largest absolute Gasteiger partial charge is 0.449 e. The van der Waals surface area contributed by atoms with E-state index in [1.54, 1.807) is 11.6 Å². The number of imidazole rings is 1. The smallest absolute Gasteiger partial charge is 0.410 e. The molecule has 1 aromatic rings. The number of aryl methyl sites for hydroxylation is 1. The van der Waals surface area contributed by atoms with Gasteiger partial charge in [0.25, 0.3) is 10.0 Å². The SMILES string of the molecule is CC1=CC=CC2COC(=O)N(C3CCN(S(=O)(=O)c4cn(C)cn4)CC3)C12. The van der Waals surface area contributed by atoms with Crippen LogP contribution in [0.2, 0.25) is 0 Å². The van der Waals surface area contributed by atoms with Gasteiger partial charge in [-0.15, -0.1) is 0 Å². The van der Waals surface area contributed by atoms with Crippen LogP contribution in [0.3, 0.4) is 0 Å². The van der Waals surface area contributed by atoms with Crippen LogP contribution < -0.4 is 0 Å². The number of hydrogen-bond acceptors (Lipinski definition) is 5. The van der Waals surface area contributed by atoms with Gasteiger partial charge in [0, 0.05) is 38.3 Å². The highest BCUT2D eigenvalue weighted by Gasteiger charge is 2.43. The number of fused-ring (bicyclic) bond motifs is 1. The molecule has 0 aromatic carbocycles. The van der Waals surface area contributed by atoms with Crippen LogP contribution in [-0.4, -0.2) is 65.0 Å². The minimum absolute atomic E-state index is 0.000183. The van der Waals surface area contributed by atoms with Gasteiger partial charge in [-0.25, -0.2) is 18.2 Å². The molecule has 146 valence electrons. The fourth-order valence-corrected chi connectivity index (χ4v) is 5.65. The summed E-state index contributed by atoms with van der Waals surface area (Å²) in [7, 11) is -1.86. The van der Waals surface area contributed by atoms with Gasteiger partial charge in [0.05, 0.1) is 12.4 Å². The fourth-order valence-electron chi connectivity index (χ4n) is 4.21. The lowest BCUT2D eigenvalue weighted by atomic mass is 9.86. The van der Waals surface area contributed by atoms with Crippen LogP contribution in [0.1, 0.15) is 19.8 Å². The van der Waals surface area contributed by atoms with Crippen molar-refractivity contribution < 1.29 is 17.9 Å². The standard InChI is InChI=1S/C18H24N4O4S/c1-13-4-3-5-14-11-26-18(23)22(17(13)14)15-6-8-21(9-7-15)27(24,25)16-10-20(2)12-19-16/h3-5,10,12,14-15,17H,6-9,11H2,1-2H3. The van der Waals surface area contributed by atoms with Gasteiger partial charge < -0.3 is 9.30 Å². The van der Waals surface area contributed by atoms with Crippen molar-refractivity contribution in [2.45, 2.75) is 36.9 Å². The summed E-state index contributed by atoms with van der Waals surface area (Å²) < 4.78 is 34.0. The number of ether oxygens (including phenoxy) is 1. The number of rotatable bonds is 3. The molecule has 2 atom stereocenters. The summed E-state index contributed by atoms with van der Waals surface area (Å²) in [6, 6.07) is -0.0319. The van der Waals surface area contributed by atoms with E-state index in [0.29, 0.717) is 32.5 Å². The predicted octanol–water partition coefficient (Wildman–Crippen LogP) is 1.53. The predicted molar refractivity (Wildman–Crippen MR) is 98.4 cm³/mol. The van der Waals surface area contributed by atoms with E-state index in [2.05, 4.69) is 11.1 Å². The highest BCUT2D eigenvalue weighted by atomic mass is 32.2. The first-order valence-corrected chi connectivity index (χ1v) is 10.6. The lowest BCUT2D eigenvalue weighted by molar-refractivity contribution is 0.00286. The topological polar surface area (TPSA) is 84.7 Å². The molecule has 0 spiro atoms. The molecule has 4 rings (SSSR count). The van der Waals surface area contributed by atoms with Crippen molar-refractivity contribution in [1.82, 2.24) is 18.8 Å². The van der Waals surface area contributed by atoms with Gasteiger partial charge in [-0.05, 0) is 19.8 Å². The van der Waals surface area contributed by atoms with Crippen LogP contribution in [-0.2, 0) is 21.8 Å². The van der Waals surface area contributed by atoms with E-state index in [4.69, 9.17) is 4.74 Å². The van der Waals surface area contributed by atoms with Crippen molar-refractivity contribution >= 4 is 16.1 Å². The molecular weight excluding hydrogens is 368 g/mol. The monoisotopic (exact) mass is 392 g/mol. The quantitative estimate of drug-likeness (QED) is 0.779. The number of cyclic esters (lactones) is 1. The summed E-state index contributed by atoms with van der Waals surface area (Å²) in [6.07, 6.45) is 9.99. The number of nitrogens with zero attached hydrogens (tertiary/aromatic N) is 4. The second-order valence-corrected chi connectivity index (χ2v) is 9.29. The molecule has 3 heterocycles. The molecule has 8 nitrogen and oxygen atoms in total. The molecule has 0 saturated carbocycles. The van der Waals surface area contributed by atoms with Crippen molar-refractivity contribution in [1.29, 1.82) is 0 Å². The van der Waals surface area contributed by atoms with Gasteiger partial charge in [-0.3, -0.25) is 4.90 Å². The maximum atomic E-state index is 12.8. The molecule has 9 heteroatoms. The maximum absolute atomic E-state index is 12.8. The third-order valence-electron chi connectivity index (χ3n) is 5.60. The Balaban J connectivity index is 1.49. The molecular formula is C18H24N4O4S. The molecule has 1 aromatic heterocycles. The van der Waals surface area contributed by atoms with Gasteiger partial charge >= 0.3 is 6.09 Å². The number of hydrogen-bond donors (Lipinski definition) is 0. The van der Waals surface area contributed by atoms with Crippen molar-refractivity contribution in [3.63, 3.8) is 0 Å². The Morgan fingerprint density at radius 3 is 2.67 bits per heavy atom. The van der Waals surface area contributed by atoms with Crippen LogP contribution in [0, 0.1) is 5.92 Å². The molecule has 1 aliphatic carbocycles. The Morgan fingerprint density at radius 2 is 2.00 bits per heavy atom. The van der Waals surface area contributed by atoms with Crippen molar-refractivity contribution in [3.8, 4) is 0 Å². The maximum Gasteiger partial charge on any atom is 0.410 e. The average molecular weight is 392 g/mol. The third-order valence-corrected chi connectivity index (χ3v) is 7.39. The highest BCUT2D eigenvalue weighted by molar-refractivity contribution is 7.89. The van der Waals surface area contributed by atoms with E-state index < -0.39 is 10.0 Å². The van der Waals surface area contributed by atoms with Gasteiger partial charge in [0.2, 0.25) is 0 Å². The molecule has 27 heavy (non-hydrogen) atoms. The van der Waals surface area contributed by atoms with Gasteiger partial charge in [0.15, 0.2) is 5.03 Å². The third kappa shape index (κ3) is 3.19. The second-order valence-electron chi connectivity index (χ2n) is 7.40. The molecule has 0 N–H and O–H groups in total. The lowest BCUT2D eigenvalue weighted by Crippen LogP contribution is -2.58. The number of sulfonamides is 1. The van der Waals surface area contributed by atoms with Crippen molar-refractivity contribution in [2.24, 2.45) is 13.0 Å². The molecule has 0 bridgehead atoms. The molecule has 2 unspecified atom stereocenters. The Labute approximate surface area is 159 Å². The van der Waals surface area contributed by atoms with E-state index >= 15 is 0 Å². The Kier molecular flexibility index (Phi) is 4.59. The zero-order valence-corrected chi connectivity index (χ0v) is 16.3. The summed E-state index contributed by atoms with van der Waals surface area (Å²) in [5.74, 6) is 0.156. The minimum Gasteiger partial charge on any atom is -0.449 e. The first kappa shape index (κ1) is 18.2. The summed E-state index contributed by atoms with van der Waals surface area (Å²) in [6.45, 7) is 3.16. The Morgan fingerprint density at radius 1 is 1.26 bits per heavy atom. The first-order chi connectivity index (χ1) is 12.9. The summed E-state index contributed by atoms with van der Waals surface area (Å²) >= 11 is 0. The molecule has 2 aliphatic heterocycles. The van der Waals surface area contributed by atoms with Gasteiger partial charge in [-0.2, -0.15) is 4.31 Å². The van der Waals surface area contributed by atoms with Crippen LogP contribution >= 0.6 is 0 Å². The molecule has 1 amide bonds. The zero-order valence-electron chi connectivity index (χ0n) is 15.5. The number of carbonyl (C=O) groups excluding carboxylic acids is 1. The van der Waals surface area contributed by atoms with Crippen molar-refractivity contribution in [3.05, 3.63) is 36.3 Å². The average Bonchev–Trinajstić information content (AvgIpc) is 3.10. The van der Waals surface area contributed by atoms with E-state index in [1.165, 1.54) is 16.8 Å². The van der Waals surface area contributed by atoms with Crippen LogP contribution in [0.25, 0.3) is 0 Å². The molecule has 2 saturated heterocycles. The lowest BCUT2D eigenvalue weighted by Gasteiger charge is -2.47. The van der Waals surface area contributed by atoms with E-state index in [-0.39, 0.29) is 29.1 Å². The number of piperidine rings is 1. The zero-order chi connectivity index (χ0) is 19.2. The second kappa shape index (κ2) is 6.79. The minimum atomic E-state index is -3.60. The van der Waals surface area contributed by atoms with E-state index in [9.17, 15) is 13.2 Å². The summed E-state index contributed by atoms with van der Waals surface area (Å²) in [5.41, 5.74) is 1.14. The number of allylic oxidation sites excluding steroid dienone is 2. The highest BCUT2D eigenvalue weighted by Crippen LogP contribution is 2.34. The molecule has 2 fully saturated rings. The fraction of sp³-hybridized carbons (Fsp3) is 0.556. The summed E-state index contributed by atoms with van der Waals surface area (Å²) in [5, 5.41) is 0.0668. The first-order valence-electron chi connectivity index (χ1n) is 9.16. The molecule has 0 radical (unpaired) electrons. The number of aromatic nitrogens is 2. The van der Waals surface area contributed by atoms with Crippen LogP contribution in [0.5, 0.6) is 0 Å².